The van der Waals surface area contributed by atoms with Crippen molar-refractivity contribution in [2.45, 2.75) is 31.8 Å². The summed E-state index contributed by atoms with van der Waals surface area (Å²) >= 11 is 0. The molecule has 0 radical (unpaired) electrons. The van der Waals surface area contributed by atoms with Crippen molar-refractivity contribution in [1.29, 1.82) is 0 Å². The number of aliphatic carboxylic acids is 1. The van der Waals surface area contributed by atoms with Gasteiger partial charge >= 0.3 is 12.6 Å². The first-order valence-electron chi connectivity index (χ1n) is 13.3. The highest BCUT2D eigenvalue weighted by Gasteiger charge is 2.46. The zero-order chi connectivity index (χ0) is 27.5. The summed E-state index contributed by atoms with van der Waals surface area (Å²) in [5.41, 5.74) is 3.63. The molecule has 11 heteroatoms. The van der Waals surface area contributed by atoms with Crippen molar-refractivity contribution in [3.05, 3.63) is 71.9 Å². The maximum Gasteiger partial charge on any atom is 0.387 e. The monoisotopic (exact) mass is 545 g/mol. The molecule has 40 heavy (non-hydrogen) atoms. The van der Waals surface area contributed by atoms with Gasteiger partial charge in [-0.25, -0.2) is 15.0 Å². The molecule has 0 spiro atoms. The number of hydrogen-bond acceptors (Lipinski definition) is 7. The van der Waals surface area contributed by atoms with Crippen LogP contribution in [0, 0.1) is 17.8 Å². The third-order valence-corrected chi connectivity index (χ3v) is 8.52. The first kappa shape index (κ1) is 24.6. The topological polar surface area (TPSA) is 110 Å². The van der Waals surface area contributed by atoms with Crippen molar-refractivity contribution in [1.82, 2.24) is 19.4 Å². The number of aromatic nitrogens is 4. The molecule has 0 amide bonds. The van der Waals surface area contributed by atoms with E-state index in [4.69, 9.17) is 4.74 Å². The second-order valence-corrected chi connectivity index (χ2v) is 10.7. The van der Waals surface area contributed by atoms with Crippen molar-refractivity contribution in [3.8, 4) is 16.9 Å². The Morgan fingerprint density at radius 2 is 1.75 bits per heavy atom. The number of ketones is 1. The number of rotatable bonds is 6. The molecule has 2 fully saturated rings. The number of carbonyl (C=O) groups excluding carboxylic acids is 1. The summed E-state index contributed by atoms with van der Waals surface area (Å²) in [5, 5.41) is 9.59. The number of halogens is 2. The van der Waals surface area contributed by atoms with Crippen LogP contribution in [0.5, 0.6) is 5.75 Å². The number of fused-ring (bicyclic) bond motifs is 5. The van der Waals surface area contributed by atoms with Crippen molar-refractivity contribution < 1.29 is 28.2 Å². The molecular formula is C29H25F2N5O4. The van der Waals surface area contributed by atoms with Gasteiger partial charge in [-0.1, -0.05) is 18.2 Å². The highest BCUT2D eigenvalue weighted by atomic mass is 19.3. The number of carboxylic acid groups (broad SMARTS) is 1. The van der Waals surface area contributed by atoms with Crippen LogP contribution in [0.2, 0.25) is 0 Å². The van der Waals surface area contributed by atoms with Crippen LogP contribution in [0.4, 0.5) is 14.7 Å². The zero-order valence-corrected chi connectivity index (χ0v) is 21.3. The van der Waals surface area contributed by atoms with E-state index in [0.29, 0.717) is 41.6 Å². The van der Waals surface area contributed by atoms with Gasteiger partial charge in [0.15, 0.2) is 5.78 Å². The lowest BCUT2D eigenvalue weighted by molar-refractivity contribution is -0.144. The van der Waals surface area contributed by atoms with E-state index in [1.54, 1.807) is 30.6 Å². The molecule has 4 atom stereocenters. The van der Waals surface area contributed by atoms with Gasteiger partial charge in [-0.3, -0.25) is 9.59 Å². The number of piperidine rings is 1. The standard InChI is InChI=1S/C29H25F2N5O4/c30-28(31)40-22-4-2-1-3-19(22)20-9-21(37)25-26(20)36-14-15(7-8-23(36)34-25)18-10-32-29(33-11-18)35-12-16-5-6-17(13-35)24(16)27(38)39/h1-4,7-8,10-11,14,16-17,20,24,28H,5-6,9,12-13H2,(H,38,39)/t16-,17?,20+,24?/m0/s1. The number of benzene rings is 1. The molecule has 3 aromatic heterocycles. The molecule has 1 N–H and O–H groups in total. The summed E-state index contributed by atoms with van der Waals surface area (Å²) in [6, 6.07) is 10.2. The van der Waals surface area contributed by atoms with Crippen molar-refractivity contribution >= 4 is 23.3 Å². The Hall–Kier alpha value is -4.41. The predicted octanol–water partition coefficient (Wildman–Crippen LogP) is 4.66. The number of carboxylic acids is 1. The van der Waals surface area contributed by atoms with Gasteiger partial charge in [-0.15, -0.1) is 0 Å². The quantitative estimate of drug-likeness (QED) is 0.373. The maximum absolute atomic E-state index is 13.1. The summed E-state index contributed by atoms with van der Waals surface area (Å²) in [4.78, 5) is 40.4. The average Bonchev–Trinajstić information content (AvgIpc) is 3.57. The maximum atomic E-state index is 13.1. The molecule has 1 saturated heterocycles. The fourth-order valence-corrected chi connectivity index (χ4v) is 6.80. The van der Waals surface area contributed by atoms with E-state index in [0.717, 1.165) is 24.0 Å². The fourth-order valence-electron chi connectivity index (χ4n) is 6.80. The fraction of sp³-hybridized carbons (Fsp3) is 0.345. The summed E-state index contributed by atoms with van der Waals surface area (Å²) < 4.78 is 32.8. The lowest BCUT2D eigenvalue weighted by Crippen LogP contribution is -2.45. The molecule has 1 saturated carbocycles. The van der Waals surface area contributed by atoms with Gasteiger partial charge in [0, 0.05) is 60.7 Å². The van der Waals surface area contributed by atoms with Crippen LogP contribution in [0.15, 0.2) is 55.0 Å². The molecule has 3 aliphatic rings. The van der Waals surface area contributed by atoms with Gasteiger partial charge in [0.2, 0.25) is 5.95 Å². The van der Waals surface area contributed by atoms with E-state index < -0.39 is 18.5 Å². The van der Waals surface area contributed by atoms with Crippen LogP contribution < -0.4 is 9.64 Å². The molecule has 9 nitrogen and oxygen atoms in total. The molecule has 7 rings (SSSR count). The minimum Gasteiger partial charge on any atom is -0.481 e. The number of alkyl halides is 2. The van der Waals surface area contributed by atoms with E-state index in [2.05, 4.69) is 19.9 Å². The number of carbonyl (C=O) groups is 2. The van der Waals surface area contributed by atoms with Gasteiger partial charge in [0.25, 0.3) is 0 Å². The zero-order valence-electron chi connectivity index (χ0n) is 21.3. The predicted molar refractivity (Wildman–Crippen MR) is 140 cm³/mol. The van der Waals surface area contributed by atoms with E-state index in [1.807, 2.05) is 22.7 Å². The minimum atomic E-state index is -2.98. The van der Waals surface area contributed by atoms with Crippen molar-refractivity contribution in [2.24, 2.45) is 17.8 Å². The Bertz CT molecular complexity index is 1630. The number of pyridine rings is 1. The summed E-state index contributed by atoms with van der Waals surface area (Å²) in [6.07, 6.45) is 7.27. The van der Waals surface area contributed by atoms with Crippen LogP contribution in [0.1, 0.15) is 46.9 Å². The number of nitrogens with zero attached hydrogens (tertiary/aromatic N) is 5. The van der Waals surface area contributed by atoms with Crippen LogP contribution in [0.25, 0.3) is 16.8 Å². The van der Waals surface area contributed by atoms with Crippen molar-refractivity contribution in [2.75, 3.05) is 18.0 Å². The molecule has 2 bridgehead atoms. The molecular weight excluding hydrogens is 520 g/mol. The van der Waals surface area contributed by atoms with Gasteiger partial charge in [0.05, 0.1) is 11.6 Å². The van der Waals surface area contributed by atoms with E-state index in [1.165, 1.54) is 6.07 Å². The van der Waals surface area contributed by atoms with Crippen LogP contribution in [0.3, 0.4) is 0 Å². The Morgan fingerprint density at radius 3 is 2.45 bits per heavy atom. The summed E-state index contributed by atoms with van der Waals surface area (Å²) in [7, 11) is 0. The van der Waals surface area contributed by atoms with Gasteiger partial charge in [-0.05, 0) is 42.9 Å². The van der Waals surface area contributed by atoms with Gasteiger partial charge in [-0.2, -0.15) is 8.78 Å². The molecule has 1 aromatic carbocycles. The normalized spacial score (nSPS) is 23.7. The van der Waals surface area contributed by atoms with Crippen molar-refractivity contribution in [3.63, 3.8) is 0 Å². The SMILES string of the molecule is O=C1C[C@H](c2ccccc2OC(F)F)c2c1nc1ccc(-c3cnc(N4CC5CC[C@@H](C4)C5C(=O)O)nc3)cn21. The lowest BCUT2D eigenvalue weighted by Gasteiger charge is -2.35. The summed E-state index contributed by atoms with van der Waals surface area (Å²) in [5.74, 6) is -0.790. The summed E-state index contributed by atoms with van der Waals surface area (Å²) in [6.45, 7) is -1.72. The second kappa shape index (κ2) is 9.35. The Morgan fingerprint density at radius 1 is 1.02 bits per heavy atom. The van der Waals surface area contributed by atoms with E-state index in [9.17, 15) is 23.5 Å². The van der Waals surface area contributed by atoms with Gasteiger partial charge in [0.1, 0.15) is 17.1 Å². The number of anilines is 1. The van der Waals surface area contributed by atoms with Crippen LogP contribution >= 0.6 is 0 Å². The number of para-hydroxylation sites is 1. The van der Waals surface area contributed by atoms with E-state index >= 15 is 0 Å². The van der Waals surface area contributed by atoms with Crippen LogP contribution in [-0.2, 0) is 4.79 Å². The Balaban J connectivity index is 1.20. The number of Topliss-reactive ketones (excluding diaryl/α,β-unsaturated/α-hetero) is 1. The first-order valence-corrected chi connectivity index (χ1v) is 13.3. The molecule has 2 aliphatic carbocycles. The smallest absolute Gasteiger partial charge is 0.387 e. The molecule has 4 aromatic rings. The third-order valence-electron chi connectivity index (χ3n) is 8.52. The molecule has 204 valence electrons. The lowest BCUT2D eigenvalue weighted by atomic mass is 9.85. The molecule has 1 aliphatic heterocycles. The highest BCUT2D eigenvalue weighted by molar-refractivity contribution is 6.00. The number of imidazole rings is 1. The first-order chi connectivity index (χ1) is 19.4. The van der Waals surface area contributed by atoms with E-state index in [-0.39, 0.29) is 35.7 Å². The molecule has 2 unspecified atom stereocenters. The average molecular weight is 546 g/mol. The Kier molecular flexibility index (Phi) is 5.76. The third kappa shape index (κ3) is 3.99. The molecule has 4 heterocycles. The highest BCUT2D eigenvalue weighted by Crippen LogP contribution is 2.44. The Labute approximate surface area is 227 Å². The second-order valence-electron chi connectivity index (χ2n) is 10.7. The number of hydrogen-bond donors (Lipinski definition) is 1. The number of ether oxygens (including phenoxy) is 1. The van der Waals surface area contributed by atoms with Gasteiger partial charge < -0.3 is 19.1 Å². The minimum absolute atomic E-state index is 0.0408. The van der Waals surface area contributed by atoms with Crippen LogP contribution in [-0.4, -0.2) is 55.9 Å². The largest absolute Gasteiger partial charge is 0.481 e.